The fourth-order valence-electron chi connectivity index (χ4n) is 1.91. The summed E-state index contributed by atoms with van der Waals surface area (Å²) in [6.07, 6.45) is 4.04. The highest BCUT2D eigenvalue weighted by atomic mass is 16.3. The molecule has 0 aromatic carbocycles. The summed E-state index contributed by atoms with van der Waals surface area (Å²) in [6, 6.07) is 4.13. The van der Waals surface area contributed by atoms with E-state index in [9.17, 15) is 0 Å². The molecule has 0 radical (unpaired) electrons. The highest BCUT2D eigenvalue weighted by Crippen LogP contribution is 2.10. The summed E-state index contributed by atoms with van der Waals surface area (Å²) in [4.78, 5) is 6.56. The third-order valence-corrected chi connectivity index (χ3v) is 2.74. The first kappa shape index (κ1) is 14.9. The molecule has 2 N–H and O–H groups in total. The Balaban J connectivity index is 2.58. The van der Waals surface area contributed by atoms with E-state index in [1.807, 2.05) is 12.3 Å². The largest absolute Gasteiger partial charge is 0.395 e. The molecule has 0 aliphatic rings. The van der Waals surface area contributed by atoms with E-state index >= 15 is 0 Å². The van der Waals surface area contributed by atoms with Crippen LogP contribution in [0.25, 0.3) is 0 Å². The van der Waals surface area contributed by atoms with Gasteiger partial charge in [0.25, 0.3) is 0 Å². The molecule has 102 valence electrons. The molecule has 0 amide bonds. The van der Waals surface area contributed by atoms with E-state index in [1.54, 1.807) is 0 Å². The fraction of sp³-hybridized carbons (Fsp3) is 0.643. The maximum Gasteiger partial charge on any atom is 0.126 e. The molecule has 18 heavy (non-hydrogen) atoms. The van der Waals surface area contributed by atoms with Crippen molar-refractivity contribution in [2.45, 2.75) is 33.2 Å². The van der Waals surface area contributed by atoms with Crippen molar-refractivity contribution in [2.75, 3.05) is 31.6 Å². The van der Waals surface area contributed by atoms with Gasteiger partial charge in [0.15, 0.2) is 0 Å². The lowest BCUT2D eigenvalue weighted by molar-refractivity contribution is 0.190. The molecule has 0 spiro atoms. The molecule has 1 aromatic heterocycles. The highest BCUT2D eigenvalue weighted by molar-refractivity contribution is 5.37. The lowest BCUT2D eigenvalue weighted by Crippen LogP contribution is -2.27. The van der Waals surface area contributed by atoms with Crippen molar-refractivity contribution in [3.05, 3.63) is 23.9 Å². The van der Waals surface area contributed by atoms with Crippen LogP contribution in [0.2, 0.25) is 0 Å². The summed E-state index contributed by atoms with van der Waals surface area (Å²) >= 11 is 0. The molecule has 0 fully saturated rings. The predicted octanol–water partition coefficient (Wildman–Crippen LogP) is 2.11. The van der Waals surface area contributed by atoms with Crippen LogP contribution in [0.3, 0.4) is 0 Å². The van der Waals surface area contributed by atoms with Gasteiger partial charge >= 0.3 is 0 Å². The van der Waals surface area contributed by atoms with E-state index in [1.165, 1.54) is 5.56 Å². The van der Waals surface area contributed by atoms with Gasteiger partial charge in [-0.25, -0.2) is 4.98 Å². The smallest absolute Gasteiger partial charge is 0.126 e. The van der Waals surface area contributed by atoms with Gasteiger partial charge in [0, 0.05) is 25.8 Å². The number of anilines is 1. The molecule has 4 nitrogen and oxygen atoms in total. The predicted molar refractivity (Wildman–Crippen MR) is 75.7 cm³/mol. The van der Waals surface area contributed by atoms with Crippen molar-refractivity contribution < 1.29 is 5.11 Å². The number of pyridine rings is 1. The van der Waals surface area contributed by atoms with E-state index in [0.29, 0.717) is 0 Å². The van der Waals surface area contributed by atoms with Crippen LogP contribution in [0.5, 0.6) is 0 Å². The van der Waals surface area contributed by atoms with Crippen molar-refractivity contribution in [1.29, 1.82) is 0 Å². The van der Waals surface area contributed by atoms with E-state index in [4.69, 9.17) is 5.11 Å². The zero-order chi connectivity index (χ0) is 13.2. The molecule has 0 aliphatic heterocycles. The van der Waals surface area contributed by atoms with Crippen molar-refractivity contribution in [3.8, 4) is 0 Å². The Morgan fingerprint density at radius 1 is 1.28 bits per heavy atom. The molecule has 0 aliphatic carbocycles. The van der Waals surface area contributed by atoms with Crippen LogP contribution in [0.15, 0.2) is 18.3 Å². The average molecular weight is 251 g/mol. The minimum absolute atomic E-state index is 0.214. The van der Waals surface area contributed by atoms with Gasteiger partial charge in [0.2, 0.25) is 0 Å². The second-order valence-corrected chi connectivity index (χ2v) is 4.48. The quantitative estimate of drug-likeness (QED) is 0.705. The second-order valence-electron chi connectivity index (χ2n) is 4.48. The summed E-state index contributed by atoms with van der Waals surface area (Å²) in [5, 5.41) is 12.3. The van der Waals surface area contributed by atoms with Crippen LogP contribution < -0.4 is 5.32 Å². The van der Waals surface area contributed by atoms with Crippen LogP contribution in [0, 0.1) is 0 Å². The van der Waals surface area contributed by atoms with Crippen molar-refractivity contribution in [2.24, 2.45) is 0 Å². The van der Waals surface area contributed by atoms with Crippen molar-refractivity contribution in [1.82, 2.24) is 9.88 Å². The molecule has 4 heteroatoms. The van der Waals surface area contributed by atoms with E-state index in [-0.39, 0.29) is 6.61 Å². The SMILES string of the molecule is CCCNc1cc(CN(CCC)CCO)ccn1. The molecule has 0 saturated carbocycles. The van der Waals surface area contributed by atoms with Crippen LogP contribution >= 0.6 is 0 Å². The molecule has 1 aromatic rings. The molecular formula is C14H25N3O. The first-order valence-corrected chi connectivity index (χ1v) is 6.82. The van der Waals surface area contributed by atoms with Crippen LogP contribution in [-0.4, -0.2) is 41.2 Å². The lowest BCUT2D eigenvalue weighted by atomic mass is 10.2. The number of aliphatic hydroxyl groups excluding tert-OH is 1. The van der Waals surface area contributed by atoms with Gasteiger partial charge in [-0.1, -0.05) is 13.8 Å². The maximum absolute atomic E-state index is 9.05. The summed E-state index contributed by atoms with van der Waals surface area (Å²) in [5.41, 5.74) is 1.24. The van der Waals surface area contributed by atoms with Crippen LogP contribution in [0.1, 0.15) is 32.3 Å². The number of nitrogens with zero attached hydrogens (tertiary/aromatic N) is 2. The Morgan fingerprint density at radius 2 is 2.11 bits per heavy atom. The van der Waals surface area contributed by atoms with Gasteiger partial charge in [-0.15, -0.1) is 0 Å². The Kier molecular flexibility index (Phi) is 7.37. The number of aliphatic hydroxyl groups is 1. The first-order valence-electron chi connectivity index (χ1n) is 6.82. The first-order chi connectivity index (χ1) is 8.80. The Morgan fingerprint density at radius 3 is 2.78 bits per heavy atom. The fourth-order valence-corrected chi connectivity index (χ4v) is 1.91. The number of hydrogen-bond donors (Lipinski definition) is 2. The molecule has 0 unspecified atom stereocenters. The number of nitrogens with one attached hydrogen (secondary N) is 1. The molecule has 1 rings (SSSR count). The minimum atomic E-state index is 0.214. The molecule has 0 bridgehead atoms. The Hall–Kier alpha value is -1.13. The summed E-state index contributed by atoms with van der Waals surface area (Å²) in [6.45, 7) is 8.08. The minimum Gasteiger partial charge on any atom is -0.395 e. The standard InChI is InChI=1S/C14H25N3O/c1-3-6-15-14-11-13(5-7-16-14)12-17(8-4-2)9-10-18/h5,7,11,18H,3-4,6,8-10,12H2,1-2H3,(H,15,16). The summed E-state index contributed by atoms with van der Waals surface area (Å²) in [5.74, 6) is 0.940. The highest BCUT2D eigenvalue weighted by Gasteiger charge is 2.05. The van der Waals surface area contributed by atoms with Crippen LogP contribution in [-0.2, 0) is 6.54 Å². The second kappa shape index (κ2) is 8.89. The number of aromatic nitrogens is 1. The van der Waals surface area contributed by atoms with Crippen molar-refractivity contribution >= 4 is 5.82 Å². The average Bonchev–Trinajstić information content (AvgIpc) is 2.37. The Bertz CT molecular complexity index is 325. The summed E-state index contributed by atoms with van der Waals surface area (Å²) < 4.78 is 0. The molecular weight excluding hydrogens is 226 g/mol. The van der Waals surface area contributed by atoms with Gasteiger partial charge in [0.1, 0.15) is 5.82 Å². The normalized spacial score (nSPS) is 10.9. The topological polar surface area (TPSA) is 48.4 Å². The third kappa shape index (κ3) is 5.47. The van der Waals surface area contributed by atoms with Gasteiger partial charge < -0.3 is 10.4 Å². The monoisotopic (exact) mass is 251 g/mol. The zero-order valence-electron chi connectivity index (χ0n) is 11.5. The number of rotatable bonds is 9. The van der Waals surface area contributed by atoms with E-state index in [2.05, 4.69) is 35.1 Å². The van der Waals surface area contributed by atoms with Crippen LogP contribution in [0.4, 0.5) is 5.82 Å². The Labute approximate surface area is 110 Å². The third-order valence-electron chi connectivity index (χ3n) is 2.74. The zero-order valence-corrected chi connectivity index (χ0v) is 11.5. The molecule has 0 atom stereocenters. The summed E-state index contributed by atoms with van der Waals surface area (Å²) in [7, 11) is 0. The number of hydrogen-bond acceptors (Lipinski definition) is 4. The van der Waals surface area contributed by atoms with E-state index < -0.39 is 0 Å². The maximum atomic E-state index is 9.05. The molecule has 1 heterocycles. The lowest BCUT2D eigenvalue weighted by Gasteiger charge is -2.20. The van der Waals surface area contributed by atoms with Gasteiger partial charge in [0.05, 0.1) is 6.61 Å². The van der Waals surface area contributed by atoms with Gasteiger partial charge in [-0.3, -0.25) is 4.90 Å². The molecule has 0 saturated heterocycles. The van der Waals surface area contributed by atoms with Gasteiger partial charge in [-0.2, -0.15) is 0 Å². The van der Waals surface area contributed by atoms with Crippen molar-refractivity contribution in [3.63, 3.8) is 0 Å². The van der Waals surface area contributed by atoms with E-state index in [0.717, 1.165) is 44.8 Å². The van der Waals surface area contributed by atoms with Gasteiger partial charge in [-0.05, 0) is 37.1 Å².